The Labute approximate surface area is 172 Å². The number of sulfonamides is 1. The molecule has 1 heterocycles. The second kappa shape index (κ2) is 7.88. The number of fused-ring (bicyclic) bond motifs is 3. The lowest BCUT2D eigenvalue weighted by atomic mass is 9.76. The summed E-state index contributed by atoms with van der Waals surface area (Å²) in [7, 11) is -0.0707. The molecule has 3 atom stereocenters. The highest BCUT2D eigenvalue weighted by Crippen LogP contribution is 2.49. The Hall–Kier alpha value is -2.25. The number of hydrogen-bond acceptors (Lipinski definition) is 5. The smallest absolute Gasteiger partial charge is 0.229 e. The van der Waals surface area contributed by atoms with Gasteiger partial charge in [-0.1, -0.05) is 25.0 Å². The van der Waals surface area contributed by atoms with E-state index in [4.69, 9.17) is 14.2 Å². The van der Waals surface area contributed by atoms with Crippen LogP contribution in [0, 0.1) is 0 Å². The molecule has 4 rings (SSSR count). The molecular formula is C22H27NO5S. The predicted octanol–water partition coefficient (Wildman–Crippen LogP) is 4.22. The van der Waals surface area contributed by atoms with Crippen molar-refractivity contribution in [1.82, 2.24) is 0 Å². The van der Waals surface area contributed by atoms with E-state index < -0.39 is 10.0 Å². The maximum atomic E-state index is 11.7. The molecule has 1 aliphatic heterocycles. The van der Waals surface area contributed by atoms with Crippen molar-refractivity contribution in [3.05, 3.63) is 53.1 Å². The summed E-state index contributed by atoms with van der Waals surface area (Å²) in [5.41, 5.74) is 3.74. The first-order valence-corrected chi connectivity index (χ1v) is 11.8. The number of rotatable bonds is 5. The first kappa shape index (κ1) is 20.0. The van der Waals surface area contributed by atoms with Crippen molar-refractivity contribution in [3.8, 4) is 11.5 Å². The minimum atomic E-state index is -3.35. The van der Waals surface area contributed by atoms with E-state index in [-0.39, 0.29) is 12.2 Å². The van der Waals surface area contributed by atoms with Crippen molar-refractivity contribution >= 4 is 15.7 Å². The highest BCUT2D eigenvalue weighted by Gasteiger charge is 2.38. The lowest BCUT2D eigenvalue weighted by Crippen LogP contribution is -2.33. The third-order valence-electron chi connectivity index (χ3n) is 5.78. The first-order chi connectivity index (χ1) is 13.9. The number of methoxy groups -OCH3 is 2. The number of hydrogen-bond donors (Lipinski definition) is 1. The molecule has 1 N–H and O–H groups in total. The molecule has 1 saturated carbocycles. The van der Waals surface area contributed by atoms with E-state index in [2.05, 4.69) is 10.8 Å². The van der Waals surface area contributed by atoms with Gasteiger partial charge in [0.25, 0.3) is 0 Å². The highest BCUT2D eigenvalue weighted by molar-refractivity contribution is 7.92. The van der Waals surface area contributed by atoms with Gasteiger partial charge in [-0.25, -0.2) is 8.42 Å². The van der Waals surface area contributed by atoms with Gasteiger partial charge in [0.2, 0.25) is 10.0 Å². The molecule has 0 amide bonds. The first-order valence-electron chi connectivity index (χ1n) is 9.88. The van der Waals surface area contributed by atoms with Crippen molar-refractivity contribution in [1.29, 1.82) is 0 Å². The summed E-state index contributed by atoms with van der Waals surface area (Å²) >= 11 is 0. The molecule has 2 aliphatic rings. The molecule has 0 aromatic heterocycles. The summed E-state index contributed by atoms with van der Waals surface area (Å²) < 4.78 is 43.5. The largest absolute Gasteiger partial charge is 0.493 e. The Kier molecular flexibility index (Phi) is 5.44. The van der Waals surface area contributed by atoms with E-state index in [1.165, 1.54) is 12.0 Å². The third-order valence-corrected chi connectivity index (χ3v) is 6.38. The third kappa shape index (κ3) is 4.07. The van der Waals surface area contributed by atoms with Crippen LogP contribution in [-0.2, 0) is 14.8 Å². The maximum Gasteiger partial charge on any atom is 0.229 e. The zero-order valence-corrected chi connectivity index (χ0v) is 17.8. The van der Waals surface area contributed by atoms with Crippen molar-refractivity contribution < 1.29 is 22.6 Å². The van der Waals surface area contributed by atoms with Crippen LogP contribution < -0.4 is 14.2 Å². The van der Waals surface area contributed by atoms with E-state index in [0.717, 1.165) is 42.4 Å². The van der Waals surface area contributed by atoms with Crippen molar-refractivity contribution in [2.24, 2.45) is 0 Å². The number of anilines is 1. The SMILES string of the molecule is COc1cc2c(cc1OC)[C@H]1CCCC[C@@H]1O[C@H]2c1cccc(NS(C)(=O)=O)c1. The summed E-state index contributed by atoms with van der Waals surface area (Å²) in [6.45, 7) is 0. The minimum absolute atomic E-state index is 0.144. The Balaban J connectivity index is 1.81. The predicted molar refractivity (Wildman–Crippen MR) is 112 cm³/mol. The van der Waals surface area contributed by atoms with E-state index in [0.29, 0.717) is 17.4 Å². The zero-order chi connectivity index (χ0) is 20.6. The van der Waals surface area contributed by atoms with E-state index in [1.807, 2.05) is 24.3 Å². The van der Waals surface area contributed by atoms with Crippen LogP contribution in [0.3, 0.4) is 0 Å². The van der Waals surface area contributed by atoms with Crippen LogP contribution in [0.15, 0.2) is 36.4 Å². The number of ether oxygens (including phenoxy) is 3. The fourth-order valence-electron chi connectivity index (χ4n) is 4.56. The fraction of sp³-hybridized carbons (Fsp3) is 0.455. The van der Waals surface area contributed by atoms with Gasteiger partial charge in [0.1, 0.15) is 6.10 Å². The lowest BCUT2D eigenvalue weighted by Gasteiger charge is -2.41. The van der Waals surface area contributed by atoms with Gasteiger partial charge in [-0.05, 0) is 53.8 Å². The monoisotopic (exact) mass is 417 g/mol. The Morgan fingerprint density at radius 1 is 1.00 bits per heavy atom. The van der Waals surface area contributed by atoms with Gasteiger partial charge in [-0.15, -0.1) is 0 Å². The molecule has 2 aromatic carbocycles. The van der Waals surface area contributed by atoms with E-state index in [9.17, 15) is 8.42 Å². The standard InChI is InChI=1S/C22H27NO5S/c1-26-20-12-17-16-9-4-5-10-19(16)28-22(18(17)13-21(20)27-2)14-7-6-8-15(11-14)23-29(3,24)25/h6-8,11-13,16,19,22-23H,4-5,9-10H2,1-3H3/t16-,19+,22+/m1/s1. The second-order valence-electron chi connectivity index (χ2n) is 7.78. The van der Waals surface area contributed by atoms with Crippen molar-refractivity contribution in [2.45, 2.75) is 43.8 Å². The Morgan fingerprint density at radius 2 is 1.69 bits per heavy atom. The summed E-state index contributed by atoms with van der Waals surface area (Å²) in [4.78, 5) is 0. The van der Waals surface area contributed by atoms with E-state index in [1.54, 1.807) is 20.3 Å². The van der Waals surface area contributed by atoms with E-state index >= 15 is 0 Å². The summed E-state index contributed by atoms with van der Waals surface area (Å²) in [6, 6.07) is 11.5. The molecule has 29 heavy (non-hydrogen) atoms. The number of nitrogens with one attached hydrogen (secondary N) is 1. The van der Waals surface area contributed by atoms with Crippen molar-refractivity contribution in [3.63, 3.8) is 0 Å². The molecule has 1 aliphatic carbocycles. The normalized spacial score (nSPS) is 23.6. The lowest BCUT2D eigenvalue weighted by molar-refractivity contribution is -0.0391. The topological polar surface area (TPSA) is 73.9 Å². The molecule has 0 unspecified atom stereocenters. The highest BCUT2D eigenvalue weighted by atomic mass is 32.2. The molecule has 0 saturated heterocycles. The number of benzene rings is 2. The average Bonchev–Trinajstić information content (AvgIpc) is 2.71. The fourth-order valence-corrected chi connectivity index (χ4v) is 5.11. The van der Waals surface area contributed by atoms with Crippen molar-refractivity contribution in [2.75, 3.05) is 25.2 Å². The molecule has 1 fully saturated rings. The summed E-state index contributed by atoms with van der Waals surface area (Å²) in [5.74, 6) is 1.73. The van der Waals surface area contributed by atoms with Gasteiger partial charge in [-0.3, -0.25) is 4.72 Å². The maximum absolute atomic E-state index is 11.7. The van der Waals surface area contributed by atoms with Gasteiger partial charge in [-0.2, -0.15) is 0 Å². The van der Waals surface area contributed by atoms with Crippen LogP contribution in [0.4, 0.5) is 5.69 Å². The Bertz CT molecular complexity index is 1000. The van der Waals surface area contributed by atoms with Crippen LogP contribution >= 0.6 is 0 Å². The molecule has 156 valence electrons. The minimum Gasteiger partial charge on any atom is -0.493 e. The van der Waals surface area contributed by atoms with Crippen LogP contribution in [0.1, 0.15) is 54.4 Å². The van der Waals surface area contributed by atoms with Crippen LogP contribution in [0.25, 0.3) is 0 Å². The average molecular weight is 418 g/mol. The molecular weight excluding hydrogens is 390 g/mol. The quantitative estimate of drug-likeness (QED) is 0.788. The van der Waals surface area contributed by atoms with Crippen LogP contribution in [0.5, 0.6) is 11.5 Å². The summed E-state index contributed by atoms with van der Waals surface area (Å²) in [6.07, 6.45) is 5.47. The zero-order valence-electron chi connectivity index (χ0n) is 17.0. The molecule has 0 radical (unpaired) electrons. The van der Waals surface area contributed by atoms with Gasteiger partial charge in [0, 0.05) is 11.6 Å². The summed E-state index contributed by atoms with van der Waals surface area (Å²) in [5, 5.41) is 0. The van der Waals surface area contributed by atoms with Gasteiger partial charge < -0.3 is 14.2 Å². The van der Waals surface area contributed by atoms with Crippen LogP contribution in [0.2, 0.25) is 0 Å². The molecule has 6 nitrogen and oxygen atoms in total. The van der Waals surface area contributed by atoms with Gasteiger partial charge in [0.15, 0.2) is 11.5 Å². The molecule has 2 aromatic rings. The van der Waals surface area contributed by atoms with Gasteiger partial charge in [0.05, 0.1) is 26.6 Å². The Morgan fingerprint density at radius 3 is 2.38 bits per heavy atom. The van der Waals surface area contributed by atoms with Crippen LogP contribution in [-0.4, -0.2) is 35.0 Å². The van der Waals surface area contributed by atoms with Gasteiger partial charge >= 0.3 is 0 Å². The molecule has 7 heteroatoms. The molecule has 0 spiro atoms. The second-order valence-corrected chi connectivity index (χ2v) is 9.53. The molecule has 0 bridgehead atoms.